The quantitative estimate of drug-likeness (QED) is 0.661. The van der Waals surface area contributed by atoms with Crippen LogP contribution in [0, 0.1) is 5.92 Å². The first kappa shape index (κ1) is 19.9. The van der Waals surface area contributed by atoms with Crippen LogP contribution in [-0.4, -0.2) is 33.2 Å². The monoisotopic (exact) mass is 402 g/mol. The van der Waals surface area contributed by atoms with Crippen molar-refractivity contribution in [2.24, 2.45) is 5.92 Å². The lowest BCUT2D eigenvalue weighted by molar-refractivity contribution is -0.125. The van der Waals surface area contributed by atoms with E-state index in [9.17, 15) is 18.0 Å². The third-order valence-corrected chi connectivity index (χ3v) is 4.94. The molecule has 0 aliphatic heterocycles. The Morgan fingerprint density at radius 3 is 2.36 bits per heavy atom. The molecular weight excluding hydrogens is 380 g/mol. The molecule has 1 saturated carbocycles. The van der Waals surface area contributed by atoms with Gasteiger partial charge in [-0.1, -0.05) is 42.5 Å². The van der Waals surface area contributed by atoms with Crippen molar-refractivity contribution in [1.29, 1.82) is 0 Å². The van der Waals surface area contributed by atoms with Gasteiger partial charge in [0, 0.05) is 0 Å². The van der Waals surface area contributed by atoms with Gasteiger partial charge in [0.15, 0.2) is 6.61 Å². The molecule has 148 valence electrons. The standard InChI is InChI=1S/C20H22N2O5S/c1-28(25,26)22-17-10-6-5-9-16(17)20(24)27-13-18(23)21-19(15-11-12-15)14-7-3-2-4-8-14/h2-10,15,19,22H,11-13H2,1H3,(H,21,23). The van der Waals surface area contributed by atoms with Gasteiger partial charge in [0.1, 0.15) is 0 Å². The highest BCUT2D eigenvalue weighted by atomic mass is 32.2. The Hall–Kier alpha value is -2.87. The van der Waals surface area contributed by atoms with E-state index >= 15 is 0 Å². The number of anilines is 1. The summed E-state index contributed by atoms with van der Waals surface area (Å²) in [7, 11) is -3.55. The van der Waals surface area contributed by atoms with E-state index in [0.717, 1.165) is 24.7 Å². The Morgan fingerprint density at radius 2 is 1.71 bits per heavy atom. The Kier molecular flexibility index (Phi) is 5.99. The summed E-state index contributed by atoms with van der Waals surface area (Å²) in [6.45, 7) is -0.442. The minimum atomic E-state index is -3.55. The highest BCUT2D eigenvalue weighted by molar-refractivity contribution is 7.92. The van der Waals surface area contributed by atoms with Gasteiger partial charge in [-0.3, -0.25) is 9.52 Å². The Morgan fingerprint density at radius 1 is 1.07 bits per heavy atom. The number of amides is 1. The summed E-state index contributed by atoms with van der Waals surface area (Å²) in [6, 6.07) is 15.6. The van der Waals surface area contributed by atoms with Gasteiger partial charge in [-0.15, -0.1) is 0 Å². The number of hydrogen-bond donors (Lipinski definition) is 2. The van der Waals surface area contributed by atoms with Gasteiger partial charge in [0.25, 0.3) is 5.91 Å². The molecule has 8 heteroatoms. The Balaban J connectivity index is 1.61. The fraction of sp³-hybridized carbons (Fsp3) is 0.300. The molecule has 1 aliphatic carbocycles. The van der Waals surface area contributed by atoms with E-state index < -0.39 is 28.5 Å². The molecule has 0 saturated heterocycles. The van der Waals surface area contributed by atoms with Gasteiger partial charge in [-0.25, -0.2) is 13.2 Å². The highest BCUT2D eigenvalue weighted by Gasteiger charge is 2.33. The maximum atomic E-state index is 12.3. The lowest BCUT2D eigenvalue weighted by atomic mass is 10.0. The summed E-state index contributed by atoms with van der Waals surface area (Å²) in [5.74, 6) is -0.783. The molecule has 1 unspecified atom stereocenters. The number of carbonyl (C=O) groups excluding carboxylic acids is 2. The van der Waals surface area contributed by atoms with Gasteiger partial charge >= 0.3 is 5.97 Å². The smallest absolute Gasteiger partial charge is 0.340 e. The SMILES string of the molecule is CS(=O)(=O)Nc1ccccc1C(=O)OCC(=O)NC(c1ccccc1)C1CC1. The number of ether oxygens (including phenoxy) is 1. The van der Waals surface area contributed by atoms with Crippen LogP contribution in [0.1, 0.15) is 34.8 Å². The average Bonchev–Trinajstić information content (AvgIpc) is 3.49. The molecule has 0 spiro atoms. The number of carbonyl (C=O) groups is 2. The molecule has 0 radical (unpaired) electrons. The summed E-state index contributed by atoms with van der Waals surface area (Å²) in [5, 5.41) is 2.93. The molecule has 1 atom stereocenters. The fourth-order valence-electron chi connectivity index (χ4n) is 2.94. The first-order valence-electron chi connectivity index (χ1n) is 8.92. The average molecular weight is 402 g/mol. The van der Waals surface area contributed by atoms with E-state index in [1.165, 1.54) is 12.1 Å². The van der Waals surface area contributed by atoms with Crippen LogP contribution >= 0.6 is 0 Å². The van der Waals surface area contributed by atoms with Crippen LogP contribution in [0.5, 0.6) is 0 Å². The van der Waals surface area contributed by atoms with E-state index in [-0.39, 0.29) is 17.3 Å². The number of benzene rings is 2. The predicted molar refractivity (Wildman–Crippen MR) is 105 cm³/mol. The number of nitrogens with one attached hydrogen (secondary N) is 2. The second-order valence-electron chi connectivity index (χ2n) is 6.79. The van der Waals surface area contributed by atoms with Gasteiger partial charge in [-0.05, 0) is 36.5 Å². The van der Waals surface area contributed by atoms with Gasteiger partial charge in [0.05, 0.1) is 23.5 Å². The maximum Gasteiger partial charge on any atom is 0.340 e. The van der Waals surface area contributed by atoms with Gasteiger partial charge in [0.2, 0.25) is 10.0 Å². The minimum Gasteiger partial charge on any atom is -0.452 e. The van der Waals surface area contributed by atoms with Crippen LogP contribution in [0.15, 0.2) is 54.6 Å². The third-order valence-electron chi connectivity index (χ3n) is 4.35. The van der Waals surface area contributed by atoms with E-state index in [2.05, 4.69) is 10.0 Å². The second kappa shape index (κ2) is 8.43. The van der Waals surface area contributed by atoms with Crippen LogP contribution < -0.4 is 10.0 Å². The Bertz CT molecular complexity index is 956. The van der Waals surface area contributed by atoms with Crippen molar-refractivity contribution in [2.75, 3.05) is 17.6 Å². The lowest BCUT2D eigenvalue weighted by Crippen LogP contribution is -2.33. The van der Waals surface area contributed by atoms with Crippen molar-refractivity contribution in [3.63, 3.8) is 0 Å². The summed E-state index contributed by atoms with van der Waals surface area (Å²) in [5.41, 5.74) is 1.17. The largest absolute Gasteiger partial charge is 0.452 e. The molecule has 2 aromatic rings. The molecule has 1 fully saturated rings. The van der Waals surface area contributed by atoms with E-state index in [0.29, 0.717) is 5.92 Å². The fourth-order valence-corrected chi connectivity index (χ4v) is 3.51. The van der Waals surface area contributed by atoms with Crippen molar-refractivity contribution >= 4 is 27.6 Å². The van der Waals surface area contributed by atoms with Gasteiger partial charge < -0.3 is 10.1 Å². The second-order valence-corrected chi connectivity index (χ2v) is 8.54. The topological polar surface area (TPSA) is 102 Å². The molecule has 7 nitrogen and oxygen atoms in total. The predicted octanol–water partition coefficient (Wildman–Crippen LogP) is 2.48. The summed E-state index contributed by atoms with van der Waals surface area (Å²) in [4.78, 5) is 24.6. The van der Waals surface area contributed by atoms with Crippen molar-refractivity contribution in [3.8, 4) is 0 Å². The highest BCUT2D eigenvalue weighted by Crippen LogP contribution is 2.40. The minimum absolute atomic E-state index is 0.0440. The molecule has 28 heavy (non-hydrogen) atoms. The first-order chi connectivity index (χ1) is 13.3. The van der Waals surface area contributed by atoms with Crippen molar-refractivity contribution in [1.82, 2.24) is 5.32 Å². The molecule has 3 rings (SSSR count). The maximum absolute atomic E-state index is 12.3. The normalized spacial score (nSPS) is 14.8. The van der Waals surface area contributed by atoms with Crippen LogP contribution in [0.3, 0.4) is 0 Å². The summed E-state index contributed by atoms with van der Waals surface area (Å²) < 4.78 is 30.2. The molecule has 0 heterocycles. The molecule has 0 bridgehead atoms. The molecule has 2 aromatic carbocycles. The molecule has 1 amide bonds. The van der Waals surface area contributed by atoms with Crippen LogP contribution in [0.25, 0.3) is 0 Å². The van der Waals surface area contributed by atoms with E-state index in [4.69, 9.17) is 4.74 Å². The van der Waals surface area contributed by atoms with E-state index in [1.54, 1.807) is 12.1 Å². The van der Waals surface area contributed by atoms with Crippen LogP contribution in [0.4, 0.5) is 5.69 Å². The molecule has 2 N–H and O–H groups in total. The lowest BCUT2D eigenvalue weighted by Gasteiger charge is -2.19. The van der Waals surface area contributed by atoms with Crippen LogP contribution in [0.2, 0.25) is 0 Å². The van der Waals surface area contributed by atoms with Crippen molar-refractivity contribution in [2.45, 2.75) is 18.9 Å². The molecule has 0 aromatic heterocycles. The third kappa shape index (κ3) is 5.56. The molecular formula is C20H22N2O5S. The number of sulfonamides is 1. The van der Waals surface area contributed by atoms with Gasteiger partial charge in [-0.2, -0.15) is 0 Å². The Labute approximate surface area is 164 Å². The first-order valence-corrected chi connectivity index (χ1v) is 10.8. The zero-order valence-electron chi connectivity index (χ0n) is 15.4. The van der Waals surface area contributed by atoms with Crippen molar-refractivity contribution in [3.05, 3.63) is 65.7 Å². The van der Waals surface area contributed by atoms with Crippen molar-refractivity contribution < 1.29 is 22.7 Å². The summed E-state index contributed by atoms with van der Waals surface area (Å²) >= 11 is 0. The zero-order valence-corrected chi connectivity index (χ0v) is 16.2. The number of rotatable bonds is 8. The van der Waals surface area contributed by atoms with Crippen LogP contribution in [-0.2, 0) is 19.6 Å². The summed E-state index contributed by atoms with van der Waals surface area (Å²) in [6.07, 6.45) is 3.08. The van der Waals surface area contributed by atoms with E-state index in [1.807, 2.05) is 30.3 Å². The number of esters is 1. The molecule has 1 aliphatic rings. The zero-order chi connectivity index (χ0) is 20.1. The number of hydrogen-bond acceptors (Lipinski definition) is 5. The number of para-hydroxylation sites is 1.